The maximum atomic E-state index is 13.7. The molecule has 0 amide bonds. The summed E-state index contributed by atoms with van der Waals surface area (Å²) in [7, 11) is -3.87. The molecule has 0 atom stereocenters. The van der Waals surface area contributed by atoms with Crippen LogP contribution in [0, 0.1) is 12.7 Å². The van der Waals surface area contributed by atoms with Gasteiger partial charge in [-0.05, 0) is 37.5 Å². The van der Waals surface area contributed by atoms with Crippen LogP contribution < -0.4 is 10.5 Å². The van der Waals surface area contributed by atoms with Crippen LogP contribution in [0.3, 0.4) is 0 Å². The Kier molecular flexibility index (Phi) is 3.94. The lowest BCUT2D eigenvalue weighted by molar-refractivity contribution is 0.398. The Balaban J connectivity index is 2.34. The van der Waals surface area contributed by atoms with Crippen molar-refractivity contribution in [3.8, 4) is 0 Å². The molecule has 0 saturated heterocycles. The predicted octanol–water partition coefficient (Wildman–Crippen LogP) is 1.68. The summed E-state index contributed by atoms with van der Waals surface area (Å²) in [5, 5.41) is 0. The fourth-order valence-corrected chi connectivity index (χ4v) is 4.19. The van der Waals surface area contributed by atoms with E-state index in [1.165, 1.54) is 12.1 Å². The molecule has 1 aromatic rings. The van der Waals surface area contributed by atoms with Gasteiger partial charge in [-0.15, -0.1) is 0 Å². The van der Waals surface area contributed by atoms with Crippen molar-refractivity contribution >= 4 is 10.0 Å². The van der Waals surface area contributed by atoms with Gasteiger partial charge in [-0.25, -0.2) is 17.5 Å². The second kappa shape index (κ2) is 5.19. The molecule has 0 unspecified atom stereocenters. The fourth-order valence-electron chi connectivity index (χ4n) is 2.56. The van der Waals surface area contributed by atoms with E-state index in [2.05, 4.69) is 4.72 Å². The highest BCUT2D eigenvalue weighted by molar-refractivity contribution is 7.89. The Morgan fingerprint density at radius 1 is 1.37 bits per heavy atom. The van der Waals surface area contributed by atoms with Crippen molar-refractivity contribution in [2.24, 2.45) is 5.73 Å². The molecule has 2 rings (SSSR count). The molecular weight excluding hydrogens is 267 g/mol. The molecule has 4 nitrogen and oxygen atoms in total. The first-order valence-electron chi connectivity index (χ1n) is 6.39. The number of hydrogen-bond donors (Lipinski definition) is 2. The molecular formula is C13H19FN2O2S. The number of rotatable bonds is 4. The normalized spacial score (nSPS) is 18.7. The maximum absolute atomic E-state index is 13.7. The number of sulfonamides is 1. The number of benzene rings is 1. The molecule has 1 fully saturated rings. The van der Waals surface area contributed by atoms with E-state index in [1.54, 1.807) is 13.0 Å². The van der Waals surface area contributed by atoms with Crippen molar-refractivity contribution in [2.75, 3.05) is 6.54 Å². The van der Waals surface area contributed by atoms with E-state index in [4.69, 9.17) is 5.73 Å². The SMILES string of the molecule is Cc1ccc(F)c(S(=O)(=O)NC2(CN)CCCC2)c1. The minimum Gasteiger partial charge on any atom is -0.329 e. The molecule has 19 heavy (non-hydrogen) atoms. The lowest BCUT2D eigenvalue weighted by atomic mass is 10.0. The molecule has 106 valence electrons. The molecule has 0 radical (unpaired) electrons. The second-order valence-corrected chi connectivity index (χ2v) is 6.88. The largest absolute Gasteiger partial charge is 0.329 e. The van der Waals surface area contributed by atoms with Crippen LogP contribution >= 0.6 is 0 Å². The van der Waals surface area contributed by atoms with Crippen molar-refractivity contribution in [3.05, 3.63) is 29.6 Å². The first kappa shape index (κ1) is 14.4. The third kappa shape index (κ3) is 2.96. The molecule has 1 saturated carbocycles. The number of nitrogens with two attached hydrogens (primary N) is 1. The lowest BCUT2D eigenvalue weighted by Crippen LogP contribution is -2.51. The fraction of sp³-hybridized carbons (Fsp3) is 0.538. The van der Waals surface area contributed by atoms with Crippen molar-refractivity contribution in [1.82, 2.24) is 4.72 Å². The van der Waals surface area contributed by atoms with Crippen LogP contribution in [0.1, 0.15) is 31.2 Å². The molecule has 0 spiro atoms. The Hall–Kier alpha value is -0.980. The van der Waals surface area contributed by atoms with Crippen LogP contribution in [0.5, 0.6) is 0 Å². The van der Waals surface area contributed by atoms with Crippen LogP contribution in [0.25, 0.3) is 0 Å². The van der Waals surface area contributed by atoms with Gasteiger partial charge in [0, 0.05) is 12.1 Å². The number of halogens is 1. The highest BCUT2D eigenvalue weighted by atomic mass is 32.2. The van der Waals surface area contributed by atoms with Gasteiger partial charge in [-0.1, -0.05) is 18.9 Å². The van der Waals surface area contributed by atoms with Crippen LogP contribution in [-0.2, 0) is 10.0 Å². The zero-order valence-corrected chi connectivity index (χ0v) is 11.8. The van der Waals surface area contributed by atoms with Gasteiger partial charge < -0.3 is 5.73 Å². The van der Waals surface area contributed by atoms with Gasteiger partial charge >= 0.3 is 0 Å². The smallest absolute Gasteiger partial charge is 0.244 e. The minimum atomic E-state index is -3.87. The Morgan fingerprint density at radius 2 is 2.00 bits per heavy atom. The summed E-state index contributed by atoms with van der Waals surface area (Å²) >= 11 is 0. The molecule has 1 aliphatic rings. The summed E-state index contributed by atoms with van der Waals surface area (Å²) in [5.41, 5.74) is 5.79. The van der Waals surface area contributed by atoms with Gasteiger partial charge in [0.25, 0.3) is 0 Å². The summed E-state index contributed by atoms with van der Waals surface area (Å²) in [4.78, 5) is -0.299. The van der Waals surface area contributed by atoms with Crippen molar-refractivity contribution < 1.29 is 12.8 Å². The van der Waals surface area contributed by atoms with E-state index >= 15 is 0 Å². The van der Waals surface area contributed by atoms with Gasteiger partial charge in [0.1, 0.15) is 10.7 Å². The third-order valence-corrected chi connectivity index (χ3v) is 5.27. The van der Waals surface area contributed by atoms with Crippen LogP contribution in [0.4, 0.5) is 4.39 Å². The van der Waals surface area contributed by atoms with Crippen LogP contribution in [-0.4, -0.2) is 20.5 Å². The average Bonchev–Trinajstić information content (AvgIpc) is 2.80. The van der Waals surface area contributed by atoms with Gasteiger partial charge in [0.2, 0.25) is 10.0 Å². The van der Waals surface area contributed by atoms with E-state index in [0.717, 1.165) is 12.8 Å². The summed E-state index contributed by atoms with van der Waals surface area (Å²) in [6.45, 7) is 1.96. The highest BCUT2D eigenvalue weighted by Gasteiger charge is 2.37. The van der Waals surface area contributed by atoms with Crippen LogP contribution in [0.15, 0.2) is 23.1 Å². The molecule has 1 aliphatic carbocycles. The van der Waals surface area contributed by atoms with E-state index in [-0.39, 0.29) is 11.4 Å². The lowest BCUT2D eigenvalue weighted by Gasteiger charge is -2.28. The molecule has 0 heterocycles. The zero-order chi connectivity index (χ0) is 14.1. The summed E-state index contributed by atoms with van der Waals surface area (Å²) in [6, 6.07) is 4.06. The minimum absolute atomic E-state index is 0.236. The molecule has 0 aliphatic heterocycles. The molecule has 0 bridgehead atoms. The third-order valence-electron chi connectivity index (χ3n) is 3.68. The molecule has 6 heteroatoms. The first-order chi connectivity index (χ1) is 8.88. The average molecular weight is 286 g/mol. The van der Waals surface area contributed by atoms with Gasteiger partial charge in [-0.2, -0.15) is 0 Å². The van der Waals surface area contributed by atoms with Gasteiger partial charge in [0.05, 0.1) is 0 Å². The predicted molar refractivity (Wildman–Crippen MR) is 71.7 cm³/mol. The molecule has 1 aromatic carbocycles. The summed E-state index contributed by atoms with van der Waals surface area (Å²) < 4.78 is 41.0. The van der Waals surface area contributed by atoms with E-state index in [1.807, 2.05) is 0 Å². The van der Waals surface area contributed by atoms with E-state index in [9.17, 15) is 12.8 Å². The second-order valence-electron chi connectivity index (χ2n) is 5.23. The monoisotopic (exact) mass is 286 g/mol. The molecule has 3 N–H and O–H groups in total. The molecule has 0 aromatic heterocycles. The number of hydrogen-bond acceptors (Lipinski definition) is 3. The Morgan fingerprint density at radius 3 is 2.58 bits per heavy atom. The van der Waals surface area contributed by atoms with Crippen molar-refractivity contribution in [3.63, 3.8) is 0 Å². The first-order valence-corrected chi connectivity index (χ1v) is 7.87. The Labute approximate surface area is 113 Å². The van der Waals surface area contributed by atoms with E-state index in [0.29, 0.717) is 18.4 Å². The number of aryl methyl sites for hydroxylation is 1. The Bertz CT molecular complexity index is 566. The summed E-state index contributed by atoms with van der Waals surface area (Å²) in [5.74, 6) is -0.733. The highest BCUT2D eigenvalue weighted by Crippen LogP contribution is 2.30. The van der Waals surface area contributed by atoms with Crippen molar-refractivity contribution in [1.29, 1.82) is 0 Å². The maximum Gasteiger partial charge on any atom is 0.244 e. The van der Waals surface area contributed by atoms with E-state index < -0.39 is 21.4 Å². The number of nitrogens with one attached hydrogen (secondary N) is 1. The standard InChI is InChI=1S/C13H19FN2O2S/c1-10-4-5-11(14)12(8-10)19(17,18)16-13(9-15)6-2-3-7-13/h4-5,8,16H,2-3,6-7,9,15H2,1H3. The quantitative estimate of drug-likeness (QED) is 0.884. The zero-order valence-electron chi connectivity index (χ0n) is 10.9. The van der Waals surface area contributed by atoms with Gasteiger partial charge in [-0.3, -0.25) is 0 Å². The summed E-state index contributed by atoms with van der Waals surface area (Å²) in [6.07, 6.45) is 3.29. The van der Waals surface area contributed by atoms with Crippen LogP contribution in [0.2, 0.25) is 0 Å². The van der Waals surface area contributed by atoms with Crippen molar-refractivity contribution in [2.45, 2.75) is 43.0 Å². The van der Waals surface area contributed by atoms with Gasteiger partial charge in [0.15, 0.2) is 0 Å². The topological polar surface area (TPSA) is 72.2 Å².